The minimum atomic E-state index is -0.485. The lowest BCUT2D eigenvalue weighted by atomic mass is 9.43. The normalized spacial score (nSPS) is 55.6. The van der Waals surface area contributed by atoms with Crippen LogP contribution in [0.3, 0.4) is 0 Å². The van der Waals surface area contributed by atoms with E-state index >= 15 is 0 Å². The number of aliphatic hydroxyl groups is 2. The zero-order valence-corrected chi connectivity index (χ0v) is 15.7. The third kappa shape index (κ3) is 2.15. The molecule has 4 fully saturated rings. The number of hydrogen-bond donors (Lipinski definition) is 2. The number of cyclic esters (lactones) is 1. The van der Waals surface area contributed by atoms with Gasteiger partial charge in [-0.05, 0) is 50.4 Å². The van der Waals surface area contributed by atoms with Crippen molar-refractivity contribution in [3.63, 3.8) is 0 Å². The standard InChI is InChI=1S/C20H32O5/c1-13-4-5-14-17(2,11-21)15(22)6-7-18(14,3)20(13)9-8-19(25-20)10-16(23)24-12-19/h13-15,21-22H,4-12H2,1-3H3/t13-,14+,15+,17+,18-,19-,20-/m0/s1. The monoisotopic (exact) mass is 352 g/mol. The Bertz CT molecular complexity index is 578. The molecule has 142 valence electrons. The molecule has 5 nitrogen and oxygen atoms in total. The molecule has 4 aliphatic rings. The van der Waals surface area contributed by atoms with Crippen molar-refractivity contribution in [2.75, 3.05) is 13.2 Å². The quantitative estimate of drug-likeness (QED) is 0.709. The van der Waals surface area contributed by atoms with Crippen molar-refractivity contribution in [2.45, 2.75) is 83.0 Å². The first kappa shape index (κ1) is 17.7. The van der Waals surface area contributed by atoms with E-state index in [1.807, 2.05) is 6.92 Å². The van der Waals surface area contributed by atoms with Crippen LogP contribution >= 0.6 is 0 Å². The number of rotatable bonds is 1. The Labute approximate surface area is 150 Å². The van der Waals surface area contributed by atoms with E-state index in [2.05, 4.69) is 13.8 Å². The van der Waals surface area contributed by atoms with Crippen LogP contribution in [0.15, 0.2) is 0 Å². The molecule has 0 unspecified atom stereocenters. The van der Waals surface area contributed by atoms with Gasteiger partial charge in [0.1, 0.15) is 12.2 Å². The largest absolute Gasteiger partial charge is 0.463 e. The van der Waals surface area contributed by atoms with E-state index < -0.39 is 17.1 Å². The zero-order valence-electron chi connectivity index (χ0n) is 15.7. The van der Waals surface area contributed by atoms with Crippen LogP contribution < -0.4 is 0 Å². The third-order valence-electron chi connectivity index (χ3n) is 8.57. The lowest BCUT2D eigenvalue weighted by Crippen LogP contribution is -2.66. The van der Waals surface area contributed by atoms with Gasteiger partial charge in [0.25, 0.3) is 0 Å². The van der Waals surface area contributed by atoms with Gasteiger partial charge in [0, 0.05) is 10.8 Å². The fourth-order valence-corrected chi connectivity index (χ4v) is 6.94. The van der Waals surface area contributed by atoms with E-state index in [1.54, 1.807) is 0 Å². The molecule has 2 heterocycles. The van der Waals surface area contributed by atoms with Gasteiger partial charge in [0.05, 0.1) is 24.7 Å². The highest BCUT2D eigenvalue weighted by atomic mass is 16.6. The highest BCUT2D eigenvalue weighted by molar-refractivity contribution is 5.73. The lowest BCUT2D eigenvalue weighted by Gasteiger charge is -2.65. The summed E-state index contributed by atoms with van der Waals surface area (Å²) in [7, 11) is 0. The average Bonchev–Trinajstić information content (AvgIpc) is 3.14. The number of ether oxygens (including phenoxy) is 2. The number of carbonyl (C=O) groups excluding carboxylic acids is 1. The summed E-state index contributed by atoms with van der Waals surface area (Å²) in [5.41, 5.74) is -1.33. The topological polar surface area (TPSA) is 76.0 Å². The Hall–Kier alpha value is -0.650. The predicted molar refractivity (Wildman–Crippen MR) is 91.8 cm³/mol. The summed E-state index contributed by atoms with van der Waals surface area (Å²) in [6.45, 7) is 7.01. The summed E-state index contributed by atoms with van der Waals surface area (Å²) in [5, 5.41) is 20.8. The van der Waals surface area contributed by atoms with Crippen LogP contribution in [0.5, 0.6) is 0 Å². The van der Waals surface area contributed by atoms with Crippen LogP contribution in [0.1, 0.15) is 65.7 Å². The number of hydrogen-bond acceptors (Lipinski definition) is 5. The summed E-state index contributed by atoms with van der Waals surface area (Å²) in [6.07, 6.45) is 5.36. The molecule has 0 aromatic rings. The molecule has 0 radical (unpaired) electrons. The molecule has 25 heavy (non-hydrogen) atoms. The van der Waals surface area contributed by atoms with Gasteiger partial charge in [-0.2, -0.15) is 0 Å². The Balaban J connectivity index is 1.74. The second-order valence-corrected chi connectivity index (χ2v) is 9.68. The van der Waals surface area contributed by atoms with Gasteiger partial charge in [-0.15, -0.1) is 0 Å². The van der Waals surface area contributed by atoms with Crippen LogP contribution in [-0.2, 0) is 14.3 Å². The molecular weight excluding hydrogens is 320 g/mol. The van der Waals surface area contributed by atoms with Crippen LogP contribution in [0.4, 0.5) is 0 Å². The van der Waals surface area contributed by atoms with Crippen molar-refractivity contribution in [3.8, 4) is 0 Å². The van der Waals surface area contributed by atoms with E-state index in [9.17, 15) is 15.0 Å². The average molecular weight is 352 g/mol. The predicted octanol–water partition coefficient (Wildman–Crippen LogP) is 2.43. The number of carbonyl (C=O) groups is 1. The summed E-state index contributed by atoms with van der Waals surface area (Å²) < 4.78 is 12.1. The number of aliphatic hydroxyl groups excluding tert-OH is 2. The molecule has 2 N–H and O–H groups in total. The molecular formula is C20H32O5. The molecule has 5 heteroatoms. The summed E-state index contributed by atoms with van der Waals surface area (Å²) in [5.74, 6) is 0.474. The van der Waals surface area contributed by atoms with Gasteiger partial charge < -0.3 is 19.7 Å². The Morgan fingerprint density at radius 3 is 2.56 bits per heavy atom. The van der Waals surface area contributed by atoms with Gasteiger partial charge in [0.15, 0.2) is 0 Å². The SMILES string of the molecule is C[C@H]1CC[C@@H]2[C@@](C)(CO)[C@H](O)CC[C@]2(C)[C@]12CC[C@]1(COC(=O)C1)O2. The third-order valence-corrected chi connectivity index (χ3v) is 8.57. The van der Waals surface area contributed by atoms with Crippen molar-refractivity contribution >= 4 is 5.97 Å². The van der Waals surface area contributed by atoms with Gasteiger partial charge >= 0.3 is 5.97 Å². The van der Waals surface area contributed by atoms with Crippen LogP contribution in [0, 0.1) is 22.7 Å². The molecule has 4 rings (SSSR count). The first-order chi connectivity index (χ1) is 11.7. The maximum atomic E-state index is 11.7. The maximum absolute atomic E-state index is 11.7. The van der Waals surface area contributed by atoms with Crippen LogP contribution in [-0.4, -0.2) is 46.7 Å². The molecule has 2 aliphatic heterocycles. The van der Waals surface area contributed by atoms with Crippen molar-refractivity contribution in [1.29, 1.82) is 0 Å². The van der Waals surface area contributed by atoms with E-state index in [1.165, 1.54) is 0 Å². The number of fused-ring (bicyclic) bond motifs is 2. The molecule has 7 atom stereocenters. The van der Waals surface area contributed by atoms with Gasteiger partial charge in [-0.1, -0.05) is 20.8 Å². The Morgan fingerprint density at radius 2 is 1.92 bits per heavy atom. The molecule has 2 saturated carbocycles. The summed E-state index contributed by atoms with van der Waals surface area (Å²) >= 11 is 0. The molecule has 0 aromatic carbocycles. The first-order valence-electron chi connectivity index (χ1n) is 9.86. The minimum absolute atomic E-state index is 0.00558. The van der Waals surface area contributed by atoms with E-state index in [0.717, 1.165) is 32.1 Å². The zero-order chi connectivity index (χ0) is 18.1. The highest BCUT2D eigenvalue weighted by Crippen LogP contribution is 2.68. The van der Waals surface area contributed by atoms with Gasteiger partial charge in [0.2, 0.25) is 0 Å². The number of esters is 1. The molecule has 0 amide bonds. The summed E-state index contributed by atoms with van der Waals surface area (Å²) in [6, 6.07) is 0. The van der Waals surface area contributed by atoms with Crippen molar-refractivity contribution in [3.05, 3.63) is 0 Å². The first-order valence-corrected chi connectivity index (χ1v) is 9.86. The molecule has 0 bridgehead atoms. The molecule has 2 saturated heterocycles. The van der Waals surface area contributed by atoms with Crippen LogP contribution in [0.2, 0.25) is 0 Å². The van der Waals surface area contributed by atoms with Gasteiger partial charge in [-0.25, -0.2) is 0 Å². The Morgan fingerprint density at radius 1 is 1.16 bits per heavy atom. The minimum Gasteiger partial charge on any atom is -0.463 e. The fraction of sp³-hybridized carbons (Fsp3) is 0.950. The van der Waals surface area contributed by atoms with E-state index in [4.69, 9.17) is 9.47 Å². The summed E-state index contributed by atoms with van der Waals surface area (Å²) in [4.78, 5) is 11.7. The van der Waals surface area contributed by atoms with Crippen molar-refractivity contribution in [1.82, 2.24) is 0 Å². The van der Waals surface area contributed by atoms with Crippen molar-refractivity contribution in [2.24, 2.45) is 22.7 Å². The van der Waals surface area contributed by atoms with Gasteiger partial charge in [-0.3, -0.25) is 4.79 Å². The van der Waals surface area contributed by atoms with Crippen LogP contribution in [0.25, 0.3) is 0 Å². The lowest BCUT2D eigenvalue weighted by molar-refractivity contribution is -0.266. The second kappa shape index (κ2) is 5.43. The molecule has 0 aromatic heterocycles. The smallest absolute Gasteiger partial charge is 0.308 e. The van der Waals surface area contributed by atoms with E-state index in [-0.39, 0.29) is 29.5 Å². The molecule has 2 aliphatic carbocycles. The Kier molecular flexibility index (Phi) is 3.85. The second-order valence-electron chi connectivity index (χ2n) is 9.68. The fourth-order valence-electron chi connectivity index (χ4n) is 6.94. The van der Waals surface area contributed by atoms with Crippen molar-refractivity contribution < 1.29 is 24.5 Å². The highest BCUT2D eigenvalue weighted by Gasteiger charge is 2.69. The molecule has 2 spiro atoms. The maximum Gasteiger partial charge on any atom is 0.308 e. The van der Waals surface area contributed by atoms with E-state index in [0.29, 0.717) is 25.4 Å².